The molecular formula is C19H26. The maximum atomic E-state index is 4.24. The minimum atomic E-state index is 1.07. The molecule has 1 aromatic rings. The first-order valence-corrected chi connectivity index (χ1v) is 7.10. The smallest absolute Gasteiger partial charge is 0.0155 e. The number of rotatable bonds is 8. The lowest BCUT2D eigenvalue weighted by Gasteiger charge is -2.12. The third-order valence-corrected chi connectivity index (χ3v) is 3.35. The van der Waals surface area contributed by atoms with Gasteiger partial charge in [0.1, 0.15) is 0 Å². The van der Waals surface area contributed by atoms with Crippen LogP contribution in [0, 0.1) is 0 Å². The van der Waals surface area contributed by atoms with E-state index in [9.17, 15) is 0 Å². The van der Waals surface area contributed by atoms with Crippen LogP contribution in [0.25, 0.3) is 11.1 Å². The molecule has 0 unspecified atom stereocenters. The van der Waals surface area contributed by atoms with Crippen molar-refractivity contribution in [2.45, 2.75) is 46.0 Å². The van der Waals surface area contributed by atoms with E-state index in [0.29, 0.717) is 0 Å². The fraction of sp³-hybridized carbons (Fsp3) is 0.368. The van der Waals surface area contributed by atoms with Crippen LogP contribution in [0.15, 0.2) is 49.6 Å². The van der Waals surface area contributed by atoms with Crippen molar-refractivity contribution in [3.05, 3.63) is 60.7 Å². The van der Waals surface area contributed by atoms with Crippen molar-refractivity contribution in [2.24, 2.45) is 0 Å². The molecule has 1 aromatic carbocycles. The van der Waals surface area contributed by atoms with Crippen LogP contribution in [0.3, 0.4) is 0 Å². The lowest BCUT2D eigenvalue weighted by molar-refractivity contribution is 0.689. The van der Waals surface area contributed by atoms with E-state index in [-0.39, 0.29) is 0 Å². The maximum absolute atomic E-state index is 4.24. The Morgan fingerprint density at radius 2 is 1.42 bits per heavy atom. The SMILES string of the molecule is C=C(C)CCCCCC(=C)c1ccccc1C(=C)C. The highest BCUT2D eigenvalue weighted by molar-refractivity contribution is 5.77. The van der Waals surface area contributed by atoms with Gasteiger partial charge in [-0.05, 0) is 56.2 Å². The minimum absolute atomic E-state index is 1.07. The van der Waals surface area contributed by atoms with Gasteiger partial charge in [-0.2, -0.15) is 0 Å². The topological polar surface area (TPSA) is 0 Å². The van der Waals surface area contributed by atoms with Crippen LogP contribution in [0.4, 0.5) is 0 Å². The molecule has 1 rings (SSSR count). The summed E-state index contributed by atoms with van der Waals surface area (Å²) in [6, 6.07) is 8.42. The first kappa shape index (κ1) is 15.5. The Morgan fingerprint density at radius 3 is 2.00 bits per heavy atom. The predicted molar refractivity (Wildman–Crippen MR) is 88.1 cm³/mol. The van der Waals surface area contributed by atoms with Crippen LogP contribution in [-0.4, -0.2) is 0 Å². The van der Waals surface area contributed by atoms with Gasteiger partial charge in [0.05, 0.1) is 0 Å². The standard InChI is InChI=1S/C19H26/c1-15(2)11-7-6-8-12-17(5)19-14-10-9-13-18(19)16(3)4/h9-10,13-14H,1,3,5-8,11-12H2,2,4H3. The Morgan fingerprint density at radius 1 is 0.842 bits per heavy atom. The quantitative estimate of drug-likeness (QED) is 0.379. The molecule has 102 valence electrons. The van der Waals surface area contributed by atoms with Gasteiger partial charge in [0.15, 0.2) is 0 Å². The molecule has 0 fully saturated rings. The first-order valence-electron chi connectivity index (χ1n) is 7.10. The molecule has 0 N–H and O–H groups in total. The summed E-state index contributed by atoms with van der Waals surface area (Å²) in [7, 11) is 0. The molecule has 19 heavy (non-hydrogen) atoms. The molecule has 0 heterocycles. The van der Waals surface area contributed by atoms with E-state index in [2.05, 4.69) is 57.8 Å². The summed E-state index contributed by atoms with van der Waals surface area (Å²) >= 11 is 0. The molecule has 0 amide bonds. The van der Waals surface area contributed by atoms with Crippen LogP contribution >= 0.6 is 0 Å². The molecule has 0 spiro atoms. The van der Waals surface area contributed by atoms with E-state index in [0.717, 1.165) is 18.4 Å². The van der Waals surface area contributed by atoms with Gasteiger partial charge < -0.3 is 0 Å². The van der Waals surface area contributed by atoms with Gasteiger partial charge in [0, 0.05) is 0 Å². The van der Waals surface area contributed by atoms with Crippen molar-refractivity contribution < 1.29 is 0 Å². The van der Waals surface area contributed by atoms with Gasteiger partial charge in [0.2, 0.25) is 0 Å². The first-order chi connectivity index (χ1) is 9.02. The molecule has 0 bridgehead atoms. The Bertz CT molecular complexity index is 463. The van der Waals surface area contributed by atoms with Crippen molar-refractivity contribution in [1.82, 2.24) is 0 Å². The molecular weight excluding hydrogens is 228 g/mol. The maximum Gasteiger partial charge on any atom is -0.0155 e. The van der Waals surface area contributed by atoms with Crippen LogP contribution in [-0.2, 0) is 0 Å². The molecule has 0 heteroatoms. The average Bonchev–Trinajstić information content (AvgIpc) is 2.37. The van der Waals surface area contributed by atoms with E-state index in [1.54, 1.807) is 0 Å². The van der Waals surface area contributed by atoms with Crippen LogP contribution < -0.4 is 0 Å². The highest BCUT2D eigenvalue weighted by atomic mass is 14.1. The minimum Gasteiger partial charge on any atom is -0.100 e. The third-order valence-electron chi connectivity index (χ3n) is 3.35. The molecule has 0 atom stereocenters. The van der Waals surface area contributed by atoms with Crippen LogP contribution in [0.5, 0.6) is 0 Å². The number of benzene rings is 1. The summed E-state index contributed by atoms with van der Waals surface area (Å²) in [5.74, 6) is 0. The highest BCUT2D eigenvalue weighted by Gasteiger charge is 2.05. The van der Waals surface area contributed by atoms with Gasteiger partial charge >= 0.3 is 0 Å². The monoisotopic (exact) mass is 254 g/mol. The van der Waals surface area contributed by atoms with Crippen molar-refractivity contribution >= 4 is 11.1 Å². The molecule has 0 saturated carbocycles. The van der Waals surface area contributed by atoms with E-state index in [1.807, 2.05) is 0 Å². The number of hydrogen-bond donors (Lipinski definition) is 0. The second-order valence-electron chi connectivity index (χ2n) is 5.45. The van der Waals surface area contributed by atoms with Crippen molar-refractivity contribution in [2.75, 3.05) is 0 Å². The van der Waals surface area contributed by atoms with E-state index in [4.69, 9.17) is 0 Å². The molecule has 0 aromatic heterocycles. The van der Waals surface area contributed by atoms with E-state index in [1.165, 1.54) is 41.5 Å². The normalized spacial score (nSPS) is 10.2. The van der Waals surface area contributed by atoms with Crippen molar-refractivity contribution in [1.29, 1.82) is 0 Å². The zero-order valence-corrected chi connectivity index (χ0v) is 12.5. The van der Waals surface area contributed by atoms with Crippen LogP contribution in [0.2, 0.25) is 0 Å². The van der Waals surface area contributed by atoms with Gasteiger partial charge in [-0.15, -0.1) is 6.58 Å². The molecule has 0 aliphatic heterocycles. The lowest BCUT2D eigenvalue weighted by atomic mass is 9.93. The summed E-state index contributed by atoms with van der Waals surface area (Å²) in [5.41, 5.74) is 6.11. The predicted octanol–water partition coefficient (Wildman–Crippen LogP) is 6.26. The summed E-state index contributed by atoms with van der Waals surface area (Å²) in [6.07, 6.45) is 5.91. The molecule has 0 aliphatic carbocycles. The Hall–Kier alpha value is -1.56. The van der Waals surface area contributed by atoms with Crippen molar-refractivity contribution in [3.63, 3.8) is 0 Å². The number of allylic oxidation sites excluding steroid dienone is 3. The number of hydrogen-bond acceptors (Lipinski definition) is 0. The van der Waals surface area contributed by atoms with Gasteiger partial charge in [-0.25, -0.2) is 0 Å². The van der Waals surface area contributed by atoms with Crippen LogP contribution in [0.1, 0.15) is 57.1 Å². The second kappa shape index (κ2) is 7.78. The van der Waals surface area contributed by atoms with E-state index >= 15 is 0 Å². The molecule has 0 aliphatic rings. The summed E-state index contributed by atoms with van der Waals surface area (Å²) < 4.78 is 0. The highest BCUT2D eigenvalue weighted by Crippen LogP contribution is 2.27. The van der Waals surface area contributed by atoms with Gasteiger partial charge in [-0.3, -0.25) is 0 Å². The Kier molecular flexibility index (Phi) is 6.35. The average molecular weight is 254 g/mol. The fourth-order valence-corrected chi connectivity index (χ4v) is 2.24. The number of unbranched alkanes of at least 4 members (excludes halogenated alkanes) is 2. The van der Waals surface area contributed by atoms with E-state index < -0.39 is 0 Å². The molecule has 0 radical (unpaired) electrons. The lowest BCUT2D eigenvalue weighted by Crippen LogP contribution is -1.91. The zero-order chi connectivity index (χ0) is 14.3. The molecule has 0 nitrogen and oxygen atoms in total. The third kappa shape index (κ3) is 5.30. The summed E-state index contributed by atoms with van der Waals surface area (Å²) in [5, 5.41) is 0. The van der Waals surface area contributed by atoms with Gasteiger partial charge in [-0.1, -0.05) is 55.0 Å². The second-order valence-corrected chi connectivity index (χ2v) is 5.45. The Balaban J connectivity index is 2.50. The van der Waals surface area contributed by atoms with Crippen molar-refractivity contribution in [3.8, 4) is 0 Å². The molecule has 0 saturated heterocycles. The summed E-state index contributed by atoms with van der Waals surface area (Å²) in [6.45, 7) is 16.4. The fourth-order valence-electron chi connectivity index (χ4n) is 2.24. The van der Waals surface area contributed by atoms with Gasteiger partial charge in [0.25, 0.3) is 0 Å². The zero-order valence-electron chi connectivity index (χ0n) is 12.5. The summed E-state index contributed by atoms with van der Waals surface area (Å²) in [4.78, 5) is 0. The largest absolute Gasteiger partial charge is 0.100 e. The Labute approximate surface area is 118 Å².